The van der Waals surface area contributed by atoms with Gasteiger partial charge in [0.15, 0.2) is 8.38 Å². The molecule has 0 saturated carbocycles. The van der Waals surface area contributed by atoms with Crippen LogP contribution in [0, 0.1) is 0 Å². The molecule has 1 atom stereocenters. The second-order valence-electron chi connectivity index (χ2n) is 2.18. The fourth-order valence-corrected chi connectivity index (χ4v) is 0.752. The van der Waals surface area contributed by atoms with E-state index in [9.17, 15) is 4.79 Å². The first-order chi connectivity index (χ1) is 5.04. The van der Waals surface area contributed by atoms with Crippen molar-refractivity contribution in [1.29, 1.82) is 0 Å². The molecule has 0 rings (SSSR count). The minimum absolute atomic E-state index is 0.188. The van der Waals surface area contributed by atoms with Gasteiger partial charge in [-0.05, 0) is 6.92 Å². The van der Waals surface area contributed by atoms with Crippen LogP contribution in [0.5, 0.6) is 0 Å². The van der Waals surface area contributed by atoms with E-state index in [-0.39, 0.29) is 18.6 Å². The van der Waals surface area contributed by atoms with Crippen LogP contribution in [-0.4, -0.2) is 34.4 Å². The minimum atomic E-state index is -1.91. The minimum Gasteiger partial charge on any atom is -0.354 e. The van der Waals surface area contributed by atoms with Gasteiger partial charge in [0.25, 0.3) is 0 Å². The molecule has 1 amide bonds. The highest BCUT2D eigenvalue weighted by Gasteiger charge is 2.06. The summed E-state index contributed by atoms with van der Waals surface area (Å²) < 4.78 is 0. The molecule has 0 aliphatic carbocycles. The lowest BCUT2D eigenvalue weighted by Gasteiger charge is -2.07. The van der Waals surface area contributed by atoms with Gasteiger partial charge in [0.1, 0.15) is 0 Å². The van der Waals surface area contributed by atoms with E-state index in [1.54, 1.807) is 6.92 Å². The summed E-state index contributed by atoms with van der Waals surface area (Å²) in [6, 6.07) is -0.543. The molecule has 0 aromatic rings. The average Bonchev–Trinajstić information content (AvgIpc) is 1.86. The average molecular weight is 180 g/mol. The van der Waals surface area contributed by atoms with Crippen LogP contribution >= 0.6 is 8.38 Å². The predicted molar refractivity (Wildman–Crippen MR) is 42.9 cm³/mol. The third kappa shape index (κ3) is 6.19. The molecule has 0 saturated heterocycles. The summed E-state index contributed by atoms with van der Waals surface area (Å²) >= 11 is 0. The van der Waals surface area contributed by atoms with E-state index in [1.165, 1.54) is 0 Å². The van der Waals surface area contributed by atoms with Crippen LogP contribution in [0.4, 0.5) is 0 Å². The van der Waals surface area contributed by atoms with Gasteiger partial charge in [0, 0.05) is 12.7 Å². The van der Waals surface area contributed by atoms with Crippen LogP contribution < -0.4 is 11.1 Å². The summed E-state index contributed by atoms with van der Waals surface area (Å²) in [5.74, 6) is -0.276. The Bertz CT molecular complexity index is 129. The Balaban J connectivity index is 3.32. The zero-order valence-electron chi connectivity index (χ0n) is 6.32. The van der Waals surface area contributed by atoms with E-state index in [2.05, 4.69) is 5.32 Å². The molecule has 0 unspecified atom stereocenters. The molecule has 0 aliphatic heterocycles. The second kappa shape index (κ2) is 5.43. The Morgan fingerprint density at radius 3 is 2.64 bits per heavy atom. The molecular weight excluding hydrogens is 167 g/mol. The van der Waals surface area contributed by atoms with Crippen molar-refractivity contribution in [1.82, 2.24) is 5.32 Å². The van der Waals surface area contributed by atoms with Crippen LogP contribution in [0.2, 0.25) is 0 Å². The summed E-state index contributed by atoms with van der Waals surface area (Å²) in [5, 5.41) is 2.45. The van der Waals surface area contributed by atoms with Gasteiger partial charge in [-0.25, -0.2) is 0 Å². The number of hydrogen-bond acceptors (Lipinski definition) is 4. The zero-order valence-corrected chi connectivity index (χ0v) is 7.21. The van der Waals surface area contributed by atoms with Crippen molar-refractivity contribution >= 4 is 14.3 Å². The maximum atomic E-state index is 10.7. The molecule has 0 radical (unpaired) electrons. The molecule has 0 fully saturated rings. The van der Waals surface area contributed by atoms with Crippen molar-refractivity contribution in [2.45, 2.75) is 13.0 Å². The fourth-order valence-electron chi connectivity index (χ4n) is 0.440. The van der Waals surface area contributed by atoms with E-state index in [0.29, 0.717) is 0 Å². The first kappa shape index (κ1) is 10.8. The number of carbonyl (C=O) groups is 1. The monoisotopic (exact) mass is 180 g/mol. The SMILES string of the molecule is C[C@H](N)C(=O)NCCP(O)O. The first-order valence-electron chi connectivity index (χ1n) is 3.22. The molecule has 6 heteroatoms. The van der Waals surface area contributed by atoms with Crippen molar-refractivity contribution in [3.05, 3.63) is 0 Å². The highest BCUT2D eigenvalue weighted by atomic mass is 31.2. The molecule has 0 aromatic carbocycles. The van der Waals surface area contributed by atoms with Crippen molar-refractivity contribution in [3.63, 3.8) is 0 Å². The maximum absolute atomic E-state index is 10.7. The summed E-state index contributed by atoms with van der Waals surface area (Å²) in [4.78, 5) is 27.6. The number of hydrogen-bond donors (Lipinski definition) is 4. The molecule has 66 valence electrons. The molecule has 5 nitrogen and oxygen atoms in total. The topological polar surface area (TPSA) is 95.6 Å². The number of amides is 1. The second-order valence-corrected chi connectivity index (χ2v) is 3.37. The van der Waals surface area contributed by atoms with Crippen LogP contribution in [-0.2, 0) is 4.79 Å². The number of nitrogens with one attached hydrogen (secondary N) is 1. The van der Waals surface area contributed by atoms with Gasteiger partial charge in [-0.1, -0.05) is 0 Å². The quantitative estimate of drug-likeness (QED) is 0.406. The molecular formula is C5H13N2O3P. The Morgan fingerprint density at radius 2 is 2.27 bits per heavy atom. The summed E-state index contributed by atoms with van der Waals surface area (Å²) in [6.45, 7) is 1.83. The van der Waals surface area contributed by atoms with Crippen molar-refractivity contribution in [2.24, 2.45) is 5.73 Å². The molecule has 0 heterocycles. The highest BCUT2D eigenvalue weighted by Crippen LogP contribution is 2.20. The lowest BCUT2D eigenvalue weighted by atomic mass is 10.3. The smallest absolute Gasteiger partial charge is 0.236 e. The van der Waals surface area contributed by atoms with Crippen LogP contribution in [0.25, 0.3) is 0 Å². The number of rotatable bonds is 4. The van der Waals surface area contributed by atoms with Crippen molar-refractivity contribution in [3.8, 4) is 0 Å². The molecule has 5 N–H and O–H groups in total. The maximum Gasteiger partial charge on any atom is 0.236 e. The van der Waals surface area contributed by atoms with E-state index in [0.717, 1.165) is 0 Å². The first-order valence-corrected chi connectivity index (χ1v) is 4.66. The fraction of sp³-hybridized carbons (Fsp3) is 0.800. The van der Waals surface area contributed by atoms with Crippen LogP contribution in [0.1, 0.15) is 6.92 Å². The standard InChI is InChI=1S/C5H13N2O3P/c1-4(6)5(8)7-2-3-11(9)10/h4,9-10H,2-3,6H2,1H3,(H,7,8)/t4-/m0/s1. The Morgan fingerprint density at radius 1 is 1.73 bits per heavy atom. The van der Waals surface area contributed by atoms with Gasteiger partial charge in [-0.3, -0.25) is 4.79 Å². The van der Waals surface area contributed by atoms with Crippen LogP contribution in [0.15, 0.2) is 0 Å². The zero-order chi connectivity index (χ0) is 8.85. The lowest BCUT2D eigenvalue weighted by Crippen LogP contribution is -2.39. The molecule has 0 aliphatic rings. The predicted octanol–water partition coefficient (Wildman–Crippen LogP) is -1.25. The van der Waals surface area contributed by atoms with Gasteiger partial charge in [-0.15, -0.1) is 0 Å². The lowest BCUT2D eigenvalue weighted by molar-refractivity contribution is -0.121. The van der Waals surface area contributed by atoms with E-state index in [4.69, 9.17) is 15.5 Å². The van der Waals surface area contributed by atoms with Gasteiger partial charge >= 0.3 is 0 Å². The van der Waals surface area contributed by atoms with Gasteiger partial charge in [0.2, 0.25) is 5.91 Å². The molecule has 0 spiro atoms. The normalized spacial score (nSPS) is 13.2. The summed E-state index contributed by atoms with van der Waals surface area (Å²) in [7, 11) is -1.91. The third-order valence-corrected chi connectivity index (χ3v) is 1.65. The van der Waals surface area contributed by atoms with Gasteiger partial charge in [0.05, 0.1) is 6.04 Å². The largest absolute Gasteiger partial charge is 0.354 e. The Kier molecular flexibility index (Phi) is 5.32. The van der Waals surface area contributed by atoms with E-state index in [1.807, 2.05) is 0 Å². The van der Waals surface area contributed by atoms with E-state index < -0.39 is 14.4 Å². The molecule has 11 heavy (non-hydrogen) atoms. The molecule has 0 bridgehead atoms. The van der Waals surface area contributed by atoms with Crippen LogP contribution in [0.3, 0.4) is 0 Å². The van der Waals surface area contributed by atoms with Gasteiger partial charge in [-0.2, -0.15) is 0 Å². The third-order valence-electron chi connectivity index (χ3n) is 1.02. The van der Waals surface area contributed by atoms with Crippen molar-refractivity contribution < 1.29 is 14.6 Å². The number of nitrogens with two attached hydrogens (primary N) is 1. The summed E-state index contributed by atoms with van der Waals surface area (Å²) in [5.41, 5.74) is 5.22. The molecule has 0 aromatic heterocycles. The van der Waals surface area contributed by atoms with Gasteiger partial charge < -0.3 is 20.8 Å². The highest BCUT2D eigenvalue weighted by molar-refractivity contribution is 7.45. The Hall–Kier alpha value is -0.220. The number of carbonyl (C=O) groups excluding carboxylic acids is 1. The Labute approximate surface area is 66.5 Å². The van der Waals surface area contributed by atoms with Crippen molar-refractivity contribution in [2.75, 3.05) is 12.7 Å². The van der Waals surface area contributed by atoms with E-state index >= 15 is 0 Å². The summed E-state index contributed by atoms with van der Waals surface area (Å²) in [6.07, 6.45) is 0.188.